The maximum atomic E-state index is 10.1. The molecule has 0 unspecified atom stereocenters. The molecule has 0 aliphatic heterocycles. The molecule has 0 amide bonds. The number of rotatable bonds is 2. The van der Waals surface area contributed by atoms with Crippen LogP contribution in [0.2, 0.25) is 5.28 Å². The lowest BCUT2D eigenvalue weighted by atomic mass is 10.3. The Labute approximate surface area is 67.0 Å². The summed E-state index contributed by atoms with van der Waals surface area (Å²) in [6, 6.07) is 0. The maximum Gasteiger partial charge on any atom is 0.309 e. The Hall–Kier alpha value is -1.23. The van der Waals surface area contributed by atoms with Crippen LogP contribution in [0.3, 0.4) is 0 Å². The van der Waals surface area contributed by atoms with Gasteiger partial charge in [-0.1, -0.05) is 0 Å². The van der Waals surface area contributed by atoms with E-state index in [0.717, 1.165) is 0 Å². The summed E-state index contributed by atoms with van der Waals surface area (Å²) in [5.74, 6) is -0.971. The van der Waals surface area contributed by atoms with Crippen LogP contribution in [0, 0.1) is 0 Å². The molecule has 0 aliphatic rings. The Morgan fingerprint density at radius 2 is 2.45 bits per heavy atom. The van der Waals surface area contributed by atoms with E-state index < -0.39 is 5.97 Å². The number of hydrogen-bond acceptors (Lipinski definition) is 4. The highest BCUT2D eigenvalue weighted by Crippen LogP contribution is 1.98. The molecule has 5 nitrogen and oxygen atoms in total. The molecule has 0 radical (unpaired) electrons. The van der Waals surface area contributed by atoms with E-state index in [1.54, 1.807) is 0 Å². The van der Waals surface area contributed by atoms with Gasteiger partial charge in [0.05, 0.1) is 18.3 Å². The summed E-state index contributed by atoms with van der Waals surface area (Å²) in [4.78, 5) is 13.8. The molecule has 1 heterocycles. The van der Waals surface area contributed by atoms with E-state index in [2.05, 4.69) is 15.2 Å². The average molecular weight is 174 g/mol. The number of hydrogen-bond donors (Lipinski definition) is 1. The quantitative estimate of drug-likeness (QED) is 0.689. The summed E-state index contributed by atoms with van der Waals surface area (Å²) in [5.41, 5.74) is 0.303. The van der Waals surface area contributed by atoms with Gasteiger partial charge in [-0.05, 0) is 11.6 Å². The predicted molar refractivity (Wildman–Crippen MR) is 36.2 cm³/mol. The van der Waals surface area contributed by atoms with Crippen molar-refractivity contribution in [3.8, 4) is 0 Å². The van der Waals surface area contributed by atoms with Crippen molar-refractivity contribution in [2.24, 2.45) is 0 Å². The molecule has 0 bridgehead atoms. The lowest BCUT2D eigenvalue weighted by molar-refractivity contribution is -0.136. The second-order valence-electron chi connectivity index (χ2n) is 1.79. The Bertz CT molecular complexity index is 278. The average Bonchev–Trinajstić information content (AvgIpc) is 1.85. The van der Waals surface area contributed by atoms with Crippen molar-refractivity contribution in [3.63, 3.8) is 0 Å². The number of aliphatic carboxylic acids is 1. The van der Waals surface area contributed by atoms with Gasteiger partial charge in [-0.2, -0.15) is 5.10 Å². The van der Waals surface area contributed by atoms with Gasteiger partial charge in [-0.3, -0.25) is 4.79 Å². The van der Waals surface area contributed by atoms with Crippen LogP contribution >= 0.6 is 11.6 Å². The molecule has 0 aromatic carbocycles. The monoisotopic (exact) mass is 173 g/mol. The highest BCUT2D eigenvalue weighted by atomic mass is 35.5. The molecule has 6 heteroatoms. The smallest absolute Gasteiger partial charge is 0.309 e. The molecule has 0 fully saturated rings. The predicted octanol–water partition coefficient (Wildman–Crippen LogP) is 0.152. The third-order valence-corrected chi connectivity index (χ3v) is 1.08. The molecule has 0 saturated carbocycles. The summed E-state index contributed by atoms with van der Waals surface area (Å²) in [6.07, 6.45) is 1.08. The Kier molecular flexibility index (Phi) is 2.32. The van der Waals surface area contributed by atoms with Crippen molar-refractivity contribution in [1.82, 2.24) is 15.2 Å². The van der Waals surface area contributed by atoms with E-state index in [4.69, 9.17) is 16.7 Å². The fourth-order valence-corrected chi connectivity index (χ4v) is 0.705. The molecule has 0 aliphatic carbocycles. The van der Waals surface area contributed by atoms with E-state index in [9.17, 15) is 4.79 Å². The molecular formula is C5H4ClN3O2. The van der Waals surface area contributed by atoms with Gasteiger partial charge >= 0.3 is 5.97 Å². The van der Waals surface area contributed by atoms with Crippen LogP contribution in [0.1, 0.15) is 5.69 Å². The van der Waals surface area contributed by atoms with Crippen LogP contribution < -0.4 is 0 Å². The lowest BCUT2D eigenvalue weighted by Crippen LogP contribution is -2.03. The first-order chi connectivity index (χ1) is 5.18. The Morgan fingerprint density at radius 1 is 1.73 bits per heavy atom. The Morgan fingerprint density at radius 3 is 3.00 bits per heavy atom. The number of carbonyl (C=O) groups is 1. The van der Waals surface area contributed by atoms with Gasteiger partial charge in [0.2, 0.25) is 5.28 Å². The molecule has 0 atom stereocenters. The highest BCUT2D eigenvalue weighted by molar-refractivity contribution is 6.28. The SMILES string of the molecule is O=C(O)Cc1cnnc(Cl)n1. The number of carboxylic acids is 1. The zero-order chi connectivity index (χ0) is 8.27. The van der Waals surface area contributed by atoms with Crippen LogP contribution in [-0.4, -0.2) is 26.3 Å². The standard InChI is InChI=1S/C5H4ClN3O2/c6-5-8-3(1-4(10)11)2-7-9-5/h2H,1H2,(H,10,11). The minimum Gasteiger partial charge on any atom is -0.481 e. The van der Waals surface area contributed by atoms with E-state index in [0.29, 0.717) is 5.69 Å². The van der Waals surface area contributed by atoms with Crippen LogP contribution in [0.5, 0.6) is 0 Å². The second-order valence-corrected chi connectivity index (χ2v) is 2.13. The second kappa shape index (κ2) is 3.25. The van der Waals surface area contributed by atoms with Crippen molar-refractivity contribution >= 4 is 17.6 Å². The molecule has 1 rings (SSSR count). The molecule has 1 aromatic rings. The van der Waals surface area contributed by atoms with Crippen molar-refractivity contribution in [2.45, 2.75) is 6.42 Å². The van der Waals surface area contributed by atoms with Crippen LogP contribution in [-0.2, 0) is 11.2 Å². The van der Waals surface area contributed by atoms with E-state index in [1.165, 1.54) is 6.20 Å². The molecule has 0 saturated heterocycles. The zero-order valence-electron chi connectivity index (χ0n) is 5.36. The number of carboxylic acid groups (broad SMARTS) is 1. The number of halogens is 1. The summed E-state index contributed by atoms with van der Waals surface area (Å²) < 4.78 is 0. The number of aromatic nitrogens is 3. The Balaban J connectivity index is 2.79. The largest absolute Gasteiger partial charge is 0.481 e. The number of nitrogens with zero attached hydrogens (tertiary/aromatic N) is 3. The molecule has 58 valence electrons. The van der Waals surface area contributed by atoms with Crippen LogP contribution in [0.4, 0.5) is 0 Å². The van der Waals surface area contributed by atoms with E-state index in [1.807, 2.05) is 0 Å². The summed E-state index contributed by atoms with van der Waals surface area (Å²) in [5, 5.41) is 15.1. The van der Waals surface area contributed by atoms with Gasteiger partial charge in [0.25, 0.3) is 0 Å². The summed E-state index contributed by atoms with van der Waals surface area (Å²) in [6.45, 7) is 0. The van der Waals surface area contributed by atoms with Gasteiger partial charge in [0.15, 0.2) is 0 Å². The fourth-order valence-electron chi connectivity index (χ4n) is 0.553. The minimum atomic E-state index is -0.971. The molecule has 1 aromatic heterocycles. The highest BCUT2D eigenvalue weighted by Gasteiger charge is 2.02. The van der Waals surface area contributed by atoms with E-state index >= 15 is 0 Å². The lowest BCUT2D eigenvalue weighted by Gasteiger charge is -1.92. The molecule has 11 heavy (non-hydrogen) atoms. The minimum absolute atomic E-state index is 0.0382. The van der Waals surface area contributed by atoms with Crippen molar-refractivity contribution in [1.29, 1.82) is 0 Å². The summed E-state index contributed by atoms with van der Waals surface area (Å²) in [7, 11) is 0. The first-order valence-electron chi connectivity index (χ1n) is 2.74. The van der Waals surface area contributed by atoms with E-state index in [-0.39, 0.29) is 11.7 Å². The van der Waals surface area contributed by atoms with Gasteiger partial charge in [-0.15, -0.1) is 5.10 Å². The maximum absolute atomic E-state index is 10.1. The van der Waals surface area contributed by atoms with Crippen LogP contribution in [0.25, 0.3) is 0 Å². The fraction of sp³-hybridized carbons (Fsp3) is 0.200. The zero-order valence-corrected chi connectivity index (χ0v) is 6.12. The topological polar surface area (TPSA) is 76.0 Å². The van der Waals surface area contributed by atoms with Gasteiger partial charge < -0.3 is 5.11 Å². The molecular weight excluding hydrogens is 170 g/mol. The third kappa shape index (κ3) is 2.46. The van der Waals surface area contributed by atoms with Crippen molar-refractivity contribution < 1.29 is 9.90 Å². The van der Waals surface area contributed by atoms with Gasteiger partial charge in [-0.25, -0.2) is 4.98 Å². The van der Waals surface area contributed by atoms with Crippen LogP contribution in [0.15, 0.2) is 6.20 Å². The normalized spacial score (nSPS) is 9.55. The van der Waals surface area contributed by atoms with Crippen molar-refractivity contribution in [2.75, 3.05) is 0 Å². The van der Waals surface area contributed by atoms with Crippen molar-refractivity contribution in [3.05, 3.63) is 17.2 Å². The molecule has 1 N–H and O–H groups in total. The van der Waals surface area contributed by atoms with Gasteiger partial charge in [0, 0.05) is 0 Å². The first-order valence-corrected chi connectivity index (χ1v) is 3.12. The third-order valence-electron chi connectivity index (χ3n) is 0.915. The molecule has 0 spiro atoms. The summed E-state index contributed by atoms with van der Waals surface area (Å²) >= 11 is 5.35. The first kappa shape index (κ1) is 7.87. The van der Waals surface area contributed by atoms with Gasteiger partial charge in [0.1, 0.15) is 0 Å².